The summed E-state index contributed by atoms with van der Waals surface area (Å²) in [5, 5.41) is 9.60. The largest absolute Gasteiger partial charge is 0.494 e. The lowest BCUT2D eigenvalue weighted by Crippen LogP contribution is -2.09. The SMILES string of the molecule is COc1cnc(C2(O)CC2)nc1. The van der Waals surface area contributed by atoms with Gasteiger partial charge in [-0.2, -0.15) is 0 Å². The molecule has 4 nitrogen and oxygen atoms in total. The van der Waals surface area contributed by atoms with Crippen LogP contribution in [0.3, 0.4) is 0 Å². The molecule has 64 valence electrons. The Morgan fingerprint density at radius 2 is 2.00 bits per heavy atom. The highest BCUT2D eigenvalue weighted by molar-refractivity contribution is 5.17. The van der Waals surface area contributed by atoms with Crippen LogP contribution >= 0.6 is 0 Å². The van der Waals surface area contributed by atoms with Gasteiger partial charge in [0.2, 0.25) is 0 Å². The molecule has 0 amide bonds. The highest BCUT2D eigenvalue weighted by Crippen LogP contribution is 2.43. The van der Waals surface area contributed by atoms with Crippen LogP contribution in [0.25, 0.3) is 0 Å². The van der Waals surface area contributed by atoms with Crippen LogP contribution in [-0.2, 0) is 5.60 Å². The van der Waals surface area contributed by atoms with Crippen molar-refractivity contribution in [3.05, 3.63) is 18.2 Å². The monoisotopic (exact) mass is 166 g/mol. The number of hydrogen-bond acceptors (Lipinski definition) is 4. The third kappa shape index (κ3) is 1.14. The molecule has 4 heteroatoms. The summed E-state index contributed by atoms with van der Waals surface area (Å²) in [4.78, 5) is 7.99. The van der Waals surface area contributed by atoms with Crippen molar-refractivity contribution in [3.63, 3.8) is 0 Å². The summed E-state index contributed by atoms with van der Waals surface area (Å²) in [5.74, 6) is 1.12. The first kappa shape index (κ1) is 7.49. The Labute approximate surface area is 70.2 Å². The van der Waals surface area contributed by atoms with Gasteiger partial charge < -0.3 is 9.84 Å². The van der Waals surface area contributed by atoms with Gasteiger partial charge in [0, 0.05) is 0 Å². The van der Waals surface area contributed by atoms with Gasteiger partial charge in [-0.25, -0.2) is 9.97 Å². The smallest absolute Gasteiger partial charge is 0.160 e. The Morgan fingerprint density at radius 1 is 1.42 bits per heavy atom. The van der Waals surface area contributed by atoms with E-state index in [9.17, 15) is 5.11 Å². The van der Waals surface area contributed by atoms with E-state index in [0.29, 0.717) is 11.6 Å². The van der Waals surface area contributed by atoms with Crippen molar-refractivity contribution in [2.24, 2.45) is 0 Å². The molecule has 0 saturated heterocycles. The van der Waals surface area contributed by atoms with Crippen molar-refractivity contribution in [1.82, 2.24) is 9.97 Å². The fourth-order valence-corrected chi connectivity index (χ4v) is 1.00. The summed E-state index contributed by atoms with van der Waals surface area (Å²) < 4.78 is 4.90. The molecule has 1 aliphatic carbocycles. The number of methoxy groups -OCH3 is 1. The maximum absolute atomic E-state index is 9.60. The first-order valence-electron chi connectivity index (χ1n) is 3.83. The zero-order valence-electron chi connectivity index (χ0n) is 6.82. The van der Waals surface area contributed by atoms with Gasteiger partial charge in [0.1, 0.15) is 5.60 Å². The number of aliphatic hydroxyl groups is 1. The van der Waals surface area contributed by atoms with Gasteiger partial charge >= 0.3 is 0 Å². The van der Waals surface area contributed by atoms with Crippen molar-refractivity contribution >= 4 is 0 Å². The van der Waals surface area contributed by atoms with Crippen LogP contribution in [0.5, 0.6) is 5.75 Å². The van der Waals surface area contributed by atoms with Crippen LogP contribution in [0.2, 0.25) is 0 Å². The van der Waals surface area contributed by atoms with Gasteiger partial charge in [0.25, 0.3) is 0 Å². The van der Waals surface area contributed by atoms with Crippen molar-refractivity contribution in [1.29, 1.82) is 0 Å². The summed E-state index contributed by atoms with van der Waals surface area (Å²) >= 11 is 0. The van der Waals surface area contributed by atoms with Crippen LogP contribution in [0, 0.1) is 0 Å². The Hall–Kier alpha value is -1.16. The Bertz CT molecular complexity index is 280. The fourth-order valence-electron chi connectivity index (χ4n) is 1.00. The Morgan fingerprint density at radius 3 is 2.42 bits per heavy atom. The maximum atomic E-state index is 9.60. The molecule has 0 atom stereocenters. The number of aromatic nitrogens is 2. The molecule has 0 bridgehead atoms. The molecule has 0 aliphatic heterocycles. The molecule has 1 heterocycles. The van der Waals surface area contributed by atoms with E-state index >= 15 is 0 Å². The maximum Gasteiger partial charge on any atom is 0.160 e. The van der Waals surface area contributed by atoms with Crippen molar-refractivity contribution in [2.75, 3.05) is 7.11 Å². The second-order valence-electron chi connectivity index (χ2n) is 2.98. The van der Waals surface area contributed by atoms with Gasteiger partial charge in [-0.05, 0) is 12.8 Å². The predicted molar refractivity (Wildman–Crippen MR) is 41.7 cm³/mol. The molecule has 1 saturated carbocycles. The van der Waals surface area contributed by atoms with E-state index < -0.39 is 5.60 Å². The molecule has 1 aromatic rings. The third-order valence-corrected chi connectivity index (χ3v) is 2.00. The molecule has 1 aliphatic rings. The van der Waals surface area contributed by atoms with Gasteiger partial charge in [0.15, 0.2) is 11.6 Å². The highest BCUT2D eigenvalue weighted by Gasteiger charge is 2.45. The lowest BCUT2D eigenvalue weighted by atomic mass is 10.3. The number of rotatable bonds is 2. The minimum atomic E-state index is -0.744. The second-order valence-corrected chi connectivity index (χ2v) is 2.98. The first-order chi connectivity index (χ1) is 5.74. The van der Waals surface area contributed by atoms with Gasteiger partial charge in [-0.1, -0.05) is 0 Å². The molecule has 0 radical (unpaired) electrons. The lowest BCUT2D eigenvalue weighted by molar-refractivity contribution is 0.140. The summed E-state index contributed by atoms with van der Waals surface area (Å²) in [6.45, 7) is 0. The second kappa shape index (κ2) is 2.42. The van der Waals surface area contributed by atoms with Crippen LogP contribution in [-0.4, -0.2) is 22.2 Å². The van der Waals surface area contributed by atoms with Crippen LogP contribution < -0.4 is 4.74 Å². The third-order valence-electron chi connectivity index (χ3n) is 2.00. The van der Waals surface area contributed by atoms with Crippen LogP contribution in [0.1, 0.15) is 18.7 Å². The van der Waals surface area contributed by atoms with Gasteiger partial charge in [0.05, 0.1) is 19.5 Å². The van der Waals surface area contributed by atoms with E-state index in [1.807, 2.05) is 0 Å². The minimum Gasteiger partial charge on any atom is -0.494 e. The van der Waals surface area contributed by atoms with Crippen LogP contribution in [0.15, 0.2) is 12.4 Å². The van der Waals surface area contributed by atoms with E-state index in [-0.39, 0.29) is 0 Å². The van der Waals surface area contributed by atoms with Crippen molar-refractivity contribution in [2.45, 2.75) is 18.4 Å². The fraction of sp³-hybridized carbons (Fsp3) is 0.500. The number of nitrogens with zero attached hydrogens (tertiary/aromatic N) is 2. The van der Waals surface area contributed by atoms with Crippen molar-refractivity contribution < 1.29 is 9.84 Å². The van der Waals surface area contributed by atoms with Crippen LogP contribution in [0.4, 0.5) is 0 Å². The Kier molecular flexibility index (Phi) is 1.51. The molecule has 0 unspecified atom stereocenters. The number of ether oxygens (including phenoxy) is 1. The molecule has 12 heavy (non-hydrogen) atoms. The van der Waals surface area contributed by atoms with E-state index in [1.54, 1.807) is 19.5 Å². The molecular formula is C8H10N2O2. The molecule has 0 aromatic carbocycles. The van der Waals surface area contributed by atoms with E-state index in [4.69, 9.17) is 4.74 Å². The summed E-state index contributed by atoms with van der Waals surface area (Å²) in [5.41, 5.74) is -0.744. The molecule has 0 spiro atoms. The summed E-state index contributed by atoms with van der Waals surface area (Å²) in [7, 11) is 1.56. The lowest BCUT2D eigenvalue weighted by Gasteiger charge is -2.05. The van der Waals surface area contributed by atoms with E-state index in [2.05, 4.69) is 9.97 Å². The highest BCUT2D eigenvalue weighted by atomic mass is 16.5. The van der Waals surface area contributed by atoms with E-state index in [1.165, 1.54) is 0 Å². The predicted octanol–water partition coefficient (Wildman–Crippen LogP) is 0.467. The zero-order chi connectivity index (χ0) is 8.60. The zero-order valence-corrected chi connectivity index (χ0v) is 6.82. The van der Waals surface area contributed by atoms with Gasteiger partial charge in [-0.15, -0.1) is 0 Å². The minimum absolute atomic E-state index is 0.503. The molecule has 1 N–H and O–H groups in total. The first-order valence-corrected chi connectivity index (χ1v) is 3.83. The molecule has 2 rings (SSSR count). The normalized spacial score (nSPS) is 18.8. The molecular weight excluding hydrogens is 156 g/mol. The topological polar surface area (TPSA) is 55.2 Å². The molecule has 1 fully saturated rings. The average molecular weight is 166 g/mol. The van der Waals surface area contributed by atoms with E-state index in [0.717, 1.165) is 12.8 Å². The summed E-state index contributed by atoms with van der Waals surface area (Å²) in [6.07, 6.45) is 4.66. The summed E-state index contributed by atoms with van der Waals surface area (Å²) in [6, 6.07) is 0. The van der Waals surface area contributed by atoms with Gasteiger partial charge in [-0.3, -0.25) is 0 Å². The quantitative estimate of drug-likeness (QED) is 0.693. The number of hydrogen-bond donors (Lipinski definition) is 1. The standard InChI is InChI=1S/C8H10N2O2/c1-12-6-4-9-7(10-5-6)8(11)2-3-8/h4-5,11H,2-3H2,1H3. The Balaban J connectivity index is 2.25. The average Bonchev–Trinajstić information content (AvgIpc) is 2.85. The molecule has 1 aromatic heterocycles. The van der Waals surface area contributed by atoms with Crippen molar-refractivity contribution in [3.8, 4) is 5.75 Å².